The summed E-state index contributed by atoms with van der Waals surface area (Å²) in [5, 5.41) is 136. The van der Waals surface area contributed by atoms with Crippen LogP contribution in [0.25, 0.3) is 0 Å². The van der Waals surface area contributed by atoms with Crippen molar-refractivity contribution in [1.82, 2.24) is 5.32 Å². The summed E-state index contributed by atoms with van der Waals surface area (Å²) in [6.07, 6.45) is -26.6. The van der Waals surface area contributed by atoms with E-state index in [-0.39, 0.29) is 5.57 Å². The first-order valence-corrected chi connectivity index (χ1v) is 14.1. The second-order valence-corrected chi connectivity index (χ2v) is 11.4. The van der Waals surface area contributed by atoms with Crippen LogP contribution < -0.4 is 5.32 Å². The molecule has 44 heavy (non-hydrogen) atoms. The Morgan fingerprint density at radius 1 is 0.636 bits per heavy atom. The van der Waals surface area contributed by atoms with E-state index in [1.807, 2.05) is 0 Å². The third-order valence-corrected chi connectivity index (χ3v) is 8.48. The van der Waals surface area contributed by atoms with Crippen molar-refractivity contribution in [2.24, 2.45) is 0 Å². The average molecular weight is 646 g/mol. The largest absolute Gasteiger partial charge is 0.394 e. The standard InChI is InChI=1S/C25H43NO18/c1-6-11(26-8-2-7(3-27)12(30)15(33)13(8)31)14(32)19(37)24(40-6)43-22-10(5-29)42-25(20(38)17(22)35)44-21-9(4-28)41-23(39)18(36)16(21)34/h2,6,8-39H,3-5H2,1H3/t6-,8+,9?,10?,11-,12?,13?,14?,15?,16?,17?,18?,19?,20?,21-,22-,23+,24-,25-/m1/s1. The summed E-state index contributed by atoms with van der Waals surface area (Å²) >= 11 is 0. The lowest BCUT2D eigenvalue weighted by molar-refractivity contribution is -0.373. The molecule has 0 aromatic heterocycles. The molecule has 0 aromatic rings. The summed E-state index contributed by atoms with van der Waals surface area (Å²) in [4.78, 5) is 0. The zero-order valence-corrected chi connectivity index (χ0v) is 23.5. The van der Waals surface area contributed by atoms with Gasteiger partial charge in [-0.05, 0) is 12.5 Å². The van der Waals surface area contributed by atoms with Crippen LogP contribution in [0.1, 0.15) is 6.92 Å². The van der Waals surface area contributed by atoms with Crippen LogP contribution in [0.3, 0.4) is 0 Å². The fourth-order valence-corrected chi connectivity index (χ4v) is 5.81. The van der Waals surface area contributed by atoms with E-state index in [1.54, 1.807) is 0 Å². The van der Waals surface area contributed by atoms with E-state index in [1.165, 1.54) is 13.0 Å². The molecule has 3 saturated heterocycles. The molecule has 3 heterocycles. The van der Waals surface area contributed by atoms with Crippen molar-refractivity contribution < 1.29 is 90.1 Å². The summed E-state index contributed by atoms with van der Waals surface area (Å²) in [6.45, 7) is -0.753. The maximum Gasteiger partial charge on any atom is 0.187 e. The first kappa shape index (κ1) is 35.8. The van der Waals surface area contributed by atoms with Crippen LogP contribution in [0.4, 0.5) is 0 Å². The molecule has 19 nitrogen and oxygen atoms in total. The van der Waals surface area contributed by atoms with Crippen LogP contribution in [-0.4, -0.2) is 203 Å². The van der Waals surface area contributed by atoms with E-state index < -0.39 is 136 Å². The molecule has 0 aromatic carbocycles. The van der Waals surface area contributed by atoms with Gasteiger partial charge in [-0.25, -0.2) is 0 Å². The van der Waals surface area contributed by atoms with Gasteiger partial charge < -0.3 is 95.4 Å². The highest BCUT2D eigenvalue weighted by Gasteiger charge is 2.53. The molecule has 11 unspecified atom stereocenters. The van der Waals surface area contributed by atoms with Gasteiger partial charge >= 0.3 is 0 Å². The quantitative estimate of drug-likeness (QED) is 0.103. The minimum absolute atomic E-state index is 0.0225. The Bertz CT molecular complexity index is 958. The average Bonchev–Trinajstić information content (AvgIpc) is 3.00. The van der Waals surface area contributed by atoms with Gasteiger partial charge in [-0.3, -0.25) is 0 Å². The van der Waals surface area contributed by atoms with Gasteiger partial charge in [0, 0.05) is 0 Å². The minimum atomic E-state index is -1.93. The zero-order chi connectivity index (χ0) is 32.6. The lowest BCUT2D eigenvalue weighted by Crippen LogP contribution is -2.68. The van der Waals surface area contributed by atoms with Gasteiger partial charge in [0.25, 0.3) is 0 Å². The highest BCUT2D eigenvalue weighted by Crippen LogP contribution is 2.32. The normalized spacial score (nSPS) is 52.0. The molecule has 19 heteroatoms. The molecule has 256 valence electrons. The van der Waals surface area contributed by atoms with Crippen LogP contribution in [0.15, 0.2) is 11.6 Å². The Hall–Kier alpha value is -1.02. The number of nitrogens with one attached hydrogen (secondary N) is 1. The molecule has 0 saturated carbocycles. The second kappa shape index (κ2) is 14.8. The molecule has 3 fully saturated rings. The maximum absolute atomic E-state index is 10.9. The molecule has 4 rings (SSSR count). The van der Waals surface area contributed by atoms with Crippen molar-refractivity contribution in [3.05, 3.63) is 11.6 Å². The van der Waals surface area contributed by atoms with Gasteiger partial charge in [-0.15, -0.1) is 0 Å². The lowest BCUT2D eigenvalue weighted by atomic mass is 9.86. The summed E-state index contributed by atoms with van der Waals surface area (Å²) in [5.41, 5.74) is 0.0225. The fourth-order valence-electron chi connectivity index (χ4n) is 5.81. The molecule has 14 N–H and O–H groups in total. The maximum atomic E-state index is 10.9. The van der Waals surface area contributed by atoms with E-state index in [4.69, 9.17) is 23.7 Å². The molecule has 4 aliphatic rings. The molecule has 3 aliphatic heterocycles. The lowest BCUT2D eigenvalue weighted by Gasteiger charge is -2.48. The van der Waals surface area contributed by atoms with E-state index in [9.17, 15) is 66.4 Å². The smallest absolute Gasteiger partial charge is 0.187 e. The molecule has 1 aliphatic carbocycles. The van der Waals surface area contributed by atoms with Crippen LogP contribution in [-0.2, 0) is 23.7 Å². The number of aliphatic hydroxyl groups excluding tert-OH is 13. The van der Waals surface area contributed by atoms with Crippen LogP contribution in [0.2, 0.25) is 0 Å². The van der Waals surface area contributed by atoms with E-state index in [0.717, 1.165) is 0 Å². The van der Waals surface area contributed by atoms with Crippen molar-refractivity contribution in [2.75, 3.05) is 19.8 Å². The van der Waals surface area contributed by atoms with E-state index in [2.05, 4.69) is 5.32 Å². The Kier molecular flexibility index (Phi) is 12.1. The van der Waals surface area contributed by atoms with Crippen molar-refractivity contribution >= 4 is 0 Å². The first-order chi connectivity index (χ1) is 20.7. The van der Waals surface area contributed by atoms with Crippen LogP contribution in [0, 0.1) is 0 Å². The minimum Gasteiger partial charge on any atom is -0.394 e. The SMILES string of the molecule is C[C@H]1O[C@H](O[C@@H]2C(CO)O[C@H](O[C@@H]3C(CO)O[C@H](O)C(O)C3O)C(O)C2O)C(O)C(O)[C@@H]1N[C@H]1C=C(CO)C(O)C(O)C1O. The Labute approximate surface area is 250 Å². The van der Waals surface area contributed by atoms with Crippen molar-refractivity contribution in [3.63, 3.8) is 0 Å². The Balaban J connectivity index is 1.42. The summed E-state index contributed by atoms with van der Waals surface area (Å²) in [6, 6.07) is -2.17. The van der Waals surface area contributed by atoms with Gasteiger partial charge in [-0.1, -0.05) is 6.08 Å². The van der Waals surface area contributed by atoms with Crippen molar-refractivity contribution in [3.8, 4) is 0 Å². The third-order valence-electron chi connectivity index (χ3n) is 8.48. The summed E-state index contributed by atoms with van der Waals surface area (Å²) in [5.74, 6) is 0. The molecule has 0 amide bonds. The predicted octanol–water partition coefficient (Wildman–Crippen LogP) is -8.56. The molecule has 0 radical (unpaired) electrons. The fraction of sp³-hybridized carbons (Fsp3) is 0.920. The van der Waals surface area contributed by atoms with Gasteiger partial charge in [0.05, 0.1) is 38.0 Å². The van der Waals surface area contributed by atoms with E-state index >= 15 is 0 Å². The van der Waals surface area contributed by atoms with Crippen molar-refractivity contribution in [2.45, 2.75) is 123 Å². The Morgan fingerprint density at radius 3 is 1.73 bits per heavy atom. The highest BCUT2D eigenvalue weighted by atomic mass is 16.7. The number of hydrogen-bond donors (Lipinski definition) is 14. The summed E-state index contributed by atoms with van der Waals surface area (Å²) < 4.78 is 27.4. The van der Waals surface area contributed by atoms with Gasteiger partial charge in [-0.2, -0.15) is 0 Å². The number of aliphatic hydroxyl groups is 13. The molecular weight excluding hydrogens is 602 g/mol. The monoisotopic (exact) mass is 645 g/mol. The van der Waals surface area contributed by atoms with Gasteiger partial charge in [0.2, 0.25) is 0 Å². The van der Waals surface area contributed by atoms with E-state index in [0.29, 0.717) is 0 Å². The molecule has 19 atom stereocenters. The summed E-state index contributed by atoms with van der Waals surface area (Å²) in [7, 11) is 0. The number of hydrogen-bond acceptors (Lipinski definition) is 19. The molecule has 0 spiro atoms. The topological polar surface area (TPSA) is 321 Å². The van der Waals surface area contributed by atoms with Crippen molar-refractivity contribution in [1.29, 1.82) is 0 Å². The van der Waals surface area contributed by atoms with Gasteiger partial charge in [0.1, 0.15) is 79.4 Å². The third kappa shape index (κ3) is 6.96. The first-order valence-electron chi connectivity index (χ1n) is 14.1. The van der Waals surface area contributed by atoms with Gasteiger partial charge in [0.15, 0.2) is 18.9 Å². The predicted molar refractivity (Wildman–Crippen MR) is 138 cm³/mol. The molecular formula is C25H43NO18. The molecule has 0 bridgehead atoms. The zero-order valence-electron chi connectivity index (χ0n) is 23.5. The number of rotatable bonds is 9. The van der Waals surface area contributed by atoms with Crippen LogP contribution >= 0.6 is 0 Å². The Morgan fingerprint density at radius 2 is 1.16 bits per heavy atom. The number of ether oxygens (including phenoxy) is 5. The van der Waals surface area contributed by atoms with Crippen LogP contribution in [0.5, 0.6) is 0 Å². The second-order valence-electron chi connectivity index (χ2n) is 11.4. The highest BCUT2D eigenvalue weighted by molar-refractivity contribution is 5.22.